The summed E-state index contributed by atoms with van der Waals surface area (Å²) in [7, 11) is 0. The molecule has 78 valence electrons. The van der Waals surface area contributed by atoms with Crippen LogP contribution in [0.2, 0.25) is 0 Å². The number of fused-ring (bicyclic) bond motifs is 2. The Morgan fingerprint density at radius 3 is 1.62 bits per heavy atom. The lowest BCUT2D eigenvalue weighted by atomic mass is 10.0. The van der Waals surface area contributed by atoms with Crippen molar-refractivity contribution in [1.29, 1.82) is 0 Å². The lowest BCUT2D eigenvalue weighted by molar-refractivity contribution is 1.73. The van der Waals surface area contributed by atoms with Gasteiger partial charge < -0.3 is 11.5 Å². The molecule has 0 bridgehead atoms. The van der Waals surface area contributed by atoms with Gasteiger partial charge >= 0.3 is 0 Å². The van der Waals surface area contributed by atoms with Crippen LogP contribution in [0.5, 0.6) is 0 Å². The van der Waals surface area contributed by atoms with Crippen molar-refractivity contribution in [3.8, 4) is 0 Å². The summed E-state index contributed by atoms with van der Waals surface area (Å²) in [4.78, 5) is 0. The van der Waals surface area contributed by atoms with Crippen LogP contribution in [0.15, 0.2) is 48.5 Å². The molecular weight excluding hydrogens is 196 g/mol. The fourth-order valence-corrected chi connectivity index (χ4v) is 2.10. The summed E-state index contributed by atoms with van der Waals surface area (Å²) >= 11 is 0. The highest BCUT2D eigenvalue weighted by molar-refractivity contribution is 6.06. The first-order chi connectivity index (χ1) is 7.75. The van der Waals surface area contributed by atoms with E-state index in [0.29, 0.717) is 0 Å². The van der Waals surface area contributed by atoms with Crippen LogP contribution in [-0.2, 0) is 0 Å². The zero-order chi connectivity index (χ0) is 11.1. The van der Waals surface area contributed by atoms with Crippen molar-refractivity contribution in [3.05, 3.63) is 48.5 Å². The highest BCUT2D eigenvalue weighted by atomic mass is 14.6. The fraction of sp³-hybridized carbons (Fsp3) is 0. The van der Waals surface area contributed by atoms with Crippen LogP contribution in [0, 0.1) is 0 Å². The fourth-order valence-electron chi connectivity index (χ4n) is 2.10. The first kappa shape index (κ1) is 9.04. The second-order valence-corrected chi connectivity index (χ2v) is 3.99. The number of anilines is 2. The molecule has 0 unspecified atom stereocenters. The first-order valence-electron chi connectivity index (χ1n) is 5.22. The van der Waals surface area contributed by atoms with Gasteiger partial charge in [-0.1, -0.05) is 24.3 Å². The molecule has 0 fully saturated rings. The van der Waals surface area contributed by atoms with Crippen LogP contribution in [0.3, 0.4) is 0 Å². The third kappa shape index (κ3) is 1.20. The van der Waals surface area contributed by atoms with Crippen LogP contribution >= 0.6 is 0 Å². The summed E-state index contributed by atoms with van der Waals surface area (Å²) in [5, 5.41) is 4.43. The third-order valence-electron chi connectivity index (χ3n) is 2.95. The Morgan fingerprint density at radius 2 is 1.12 bits per heavy atom. The maximum absolute atomic E-state index is 5.96. The molecule has 0 saturated carbocycles. The predicted molar refractivity (Wildman–Crippen MR) is 70.3 cm³/mol. The van der Waals surface area contributed by atoms with Crippen LogP contribution in [0.4, 0.5) is 11.4 Å². The van der Waals surface area contributed by atoms with E-state index >= 15 is 0 Å². The Labute approximate surface area is 93.5 Å². The standard InChI is InChI=1S/C14H12N2/c15-13-5-1-3-9-7-10-4-2-6-14(16)12(10)8-11(9)13/h1-8H,15-16H2. The quantitative estimate of drug-likeness (QED) is 0.440. The van der Waals surface area contributed by atoms with E-state index in [1.807, 2.05) is 24.3 Å². The molecule has 0 amide bonds. The topological polar surface area (TPSA) is 52.0 Å². The van der Waals surface area contributed by atoms with Gasteiger partial charge in [0.15, 0.2) is 0 Å². The minimum Gasteiger partial charge on any atom is -0.398 e. The van der Waals surface area contributed by atoms with Crippen molar-refractivity contribution in [1.82, 2.24) is 0 Å². The molecular formula is C14H12N2. The molecule has 0 atom stereocenters. The summed E-state index contributed by atoms with van der Waals surface area (Å²) < 4.78 is 0. The summed E-state index contributed by atoms with van der Waals surface area (Å²) in [6.07, 6.45) is 0. The molecule has 3 rings (SSSR count). The number of hydrogen-bond acceptors (Lipinski definition) is 2. The molecule has 16 heavy (non-hydrogen) atoms. The average Bonchev–Trinajstić information content (AvgIpc) is 2.28. The minimum absolute atomic E-state index is 0.794. The van der Waals surface area contributed by atoms with Gasteiger partial charge in [0.2, 0.25) is 0 Å². The normalized spacial score (nSPS) is 11.0. The van der Waals surface area contributed by atoms with Gasteiger partial charge in [0.25, 0.3) is 0 Å². The molecule has 0 aliphatic rings. The second kappa shape index (κ2) is 3.14. The van der Waals surface area contributed by atoms with Crippen LogP contribution in [0.1, 0.15) is 0 Å². The molecule has 0 aliphatic carbocycles. The lowest BCUT2D eigenvalue weighted by Gasteiger charge is -2.06. The number of nitrogens with two attached hydrogens (primary N) is 2. The molecule has 0 spiro atoms. The van der Waals surface area contributed by atoms with Gasteiger partial charge in [-0.15, -0.1) is 0 Å². The molecule has 0 radical (unpaired) electrons. The predicted octanol–water partition coefficient (Wildman–Crippen LogP) is 3.16. The Balaban J connectivity index is 2.55. The zero-order valence-corrected chi connectivity index (χ0v) is 8.77. The number of benzene rings is 3. The van der Waals surface area contributed by atoms with Gasteiger partial charge in [-0.05, 0) is 35.0 Å². The Morgan fingerprint density at radius 1 is 0.625 bits per heavy atom. The molecule has 3 aromatic rings. The molecule has 0 aromatic heterocycles. The van der Waals surface area contributed by atoms with Crippen LogP contribution in [0.25, 0.3) is 21.5 Å². The Kier molecular flexibility index (Phi) is 1.77. The monoisotopic (exact) mass is 208 g/mol. The van der Waals surface area contributed by atoms with Crippen molar-refractivity contribution >= 4 is 32.9 Å². The van der Waals surface area contributed by atoms with E-state index in [-0.39, 0.29) is 0 Å². The largest absolute Gasteiger partial charge is 0.398 e. The van der Waals surface area contributed by atoms with E-state index in [4.69, 9.17) is 11.5 Å². The first-order valence-corrected chi connectivity index (χ1v) is 5.22. The van der Waals surface area contributed by atoms with Crippen molar-refractivity contribution in [2.24, 2.45) is 0 Å². The average molecular weight is 208 g/mol. The van der Waals surface area contributed by atoms with Gasteiger partial charge in [-0.25, -0.2) is 0 Å². The molecule has 0 heterocycles. The van der Waals surface area contributed by atoms with Gasteiger partial charge in [0.1, 0.15) is 0 Å². The van der Waals surface area contributed by atoms with E-state index in [0.717, 1.165) is 32.9 Å². The highest BCUT2D eigenvalue weighted by Gasteiger charge is 2.02. The maximum Gasteiger partial charge on any atom is 0.0393 e. The van der Waals surface area contributed by atoms with E-state index in [1.165, 1.54) is 0 Å². The molecule has 0 aliphatic heterocycles. The maximum atomic E-state index is 5.96. The van der Waals surface area contributed by atoms with Gasteiger partial charge in [-0.3, -0.25) is 0 Å². The smallest absolute Gasteiger partial charge is 0.0393 e. The zero-order valence-electron chi connectivity index (χ0n) is 8.77. The van der Waals surface area contributed by atoms with Crippen molar-refractivity contribution < 1.29 is 0 Å². The lowest BCUT2D eigenvalue weighted by Crippen LogP contribution is -1.89. The van der Waals surface area contributed by atoms with E-state index in [9.17, 15) is 0 Å². The van der Waals surface area contributed by atoms with Crippen molar-refractivity contribution in [3.63, 3.8) is 0 Å². The molecule has 2 heteroatoms. The van der Waals surface area contributed by atoms with Gasteiger partial charge in [0.05, 0.1) is 0 Å². The molecule has 3 aromatic carbocycles. The Bertz CT molecular complexity index is 630. The number of hydrogen-bond donors (Lipinski definition) is 2. The van der Waals surface area contributed by atoms with Crippen LogP contribution < -0.4 is 11.5 Å². The number of rotatable bonds is 0. The van der Waals surface area contributed by atoms with Gasteiger partial charge in [0, 0.05) is 22.1 Å². The summed E-state index contributed by atoms with van der Waals surface area (Å²) in [6.45, 7) is 0. The summed E-state index contributed by atoms with van der Waals surface area (Å²) in [5.41, 5.74) is 13.5. The highest BCUT2D eigenvalue weighted by Crippen LogP contribution is 2.29. The summed E-state index contributed by atoms with van der Waals surface area (Å²) in [6, 6.07) is 16.1. The van der Waals surface area contributed by atoms with E-state index < -0.39 is 0 Å². The van der Waals surface area contributed by atoms with Crippen molar-refractivity contribution in [2.45, 2.75) is 0 Å². The molecule has 2 nitrogen and oxygen atoms in total. The SMILES string of the molecule is Nc1cccc2cc3cccc(N)c3cc12. The molecule has 4 N–H and O–H groups in total. The van der Waals surface area contributed by atoms with Gasteiger partial charge in [-0.2, -0.15) is 0 Å². The number of nitrogen functional groups attached to an aromatic ring is 2. The summed E-state index contributed by atoms with van der Waals surface area (Å²) in [5.74, 6) is 0. The van der Waals surface area contributed by atoms with Crippen LogP contribution in [-0.4, -0.2) is 0 Å². The second-order valence-electron chi connectivity index (χ2n) is 3.99. The van der Waals surface area contributed by atoms with E-state index in [2.05, 4.69) is 24.3 Å². The van der Waals surface area contributed by atoms with Crippen molar-refractivity contribution in [2.75, 3.05) is 11.5 Å². The minimum atomic E-state index is 0.794. The third-order valence-corrected chi connectivity index (χ3v) is 2.95. The molecule has 0 saturated heterocycles. The van der Waals surface area contributed by atoms with E-state index in [1.54, 1.807) is 0 Å². The Hall–Kier alpha value is -2.22.